The van der Waals surface area contributed by atoms with Crippen LogP contribution in [0.2, 0.25) is 0 Å². The van der Waals surface area contributed by atoms with E-state index in [2.05, 4.69) is 4.18 Å². The first-order chi connectivity index (χ1) is 7.49. The van der Waals surface area contributed by atoms with Crippen molar-refractivity contribution in [2.24, 2.45) is 0 Å². The molecular formula is C9H17NO5S. The fourth-order valence-corrected chi connectivity index (χ4v) is 1.84. The standard InChI is InChI=1S/C9H17NO5S/c1-16(12,13)15-8-4-7-14-9(11)10-5-2-3-6-10/h2-8H2,1H3. The molecule has 6 nitrogen and oxygen atoms in total. The summed E-state index contributed by atoms with van der Waals surface area (Å²) in [6, 6.07) is 0. The Morgan fingerprint density at radius 1 is 1.25 bits per heavy atom. The Balaban J connectivity index is 2.04. The van der Waals surface area contributed by atoms with Crippen LogP contribution in [0.15, 0.2) is 0 Å². The third-order valence-corrected chi connectivity index (χ3v) is 2.77. The van der Waals surface area contributed by atoms with Crippen LogP contribution in [-0.2, 0) is 19.0 Å². The predicted octanol–water partition coefficient (Wildman–Crippen LogP) is 0.585. The number of rotatable bonds is 5. The van der Waals surface area contributed by atoms with Crippen molar-refractivity contribution >= 4 is 16.2 Å². The number of hydrogen-bond acceptors (Lipinski definition) is 5. The zero-order valence-electron chi connectivity index (χ0n) is 9.35. The maximum Gasteiger partial charge on any atom is 0.409 e. The van der Waals surface area contributed by atoms with Gasteiger partial charge in [0.2, 0.25) is 0 Å². The molecule has 1 fully saturated rings. The zero-order valence-corrected chi connectivity index (χ0v) is 10.2. The van der Waals surface area contributed by atoms with Crippen LogP contribution in [0.3, 0.4) is 0 Å². The largest absolute Gasteiger partial charge is 0.449 e. The summed E-state index contributed by atoms with van der Waals surface area (Å²) in [4.78, 5) is 13.0. The van der Waals surface area contributed by atoms with E-state index in [4.69, 9.17) is 4.74 Å². The van der Waals surface area contributed by atoms with Crippen molar-refractivity contribution in [2.45, 2.75) is 19.3 Å². The smallest absolute Gasteiger partial charge is 0.409 e. The summed E-state index contributed by atoms with van der Waals surface area (Å²) in [5, 5.41) is 0. The van der Waals surface area contributed by atoms with Gasteiger partial charge in [0, 0.05) is 19.5 Å². The van der Waals surface area contributed by atoms with Crippen molar-refractivity contribution in [2.75, 3.05) is 32.6 Å². The van der Waals surface area contributed by atoms with Gasteiger partial charge in [-0.25, -0.2) is 4.79 Å². The van der Waals surface area contributed by atoms with Crippen molar-refractivity contribution in [1.29, 1.82) is 0 Å². The van der Waals surface area contributed by atoms with Gasteiger partial charge in [-0.15, -0.1) is 0 Å². The Kier molecular flexibility index (Phi) is 5.01. The van der Waals surface area contributed by atoms with E-state index in [1.54, 1.807) is 4.90 Å². The lowest BCUT2D eigenvalue weighted by atomic mass is 10.4. The molecule has 0 radical (unpaired) electrons. The van der Waals surface area contributed by atoms with Crippen molar-refractivity contribution in [1.82, 2.24) is 4.90 Å². The highest BCUT2D eigenvalue weighted by Crippen LogP contribution is 2.08. The number of carbonyl (C=O) groups excluding carboxylic acids is 1. The molecule has 1 aliphatic rings. The molecule has 0 N–H and O–H groups in total. The Hall–Kier alpha value is -0.820. The third kappa shape index (κ3) is 5.32. The summed E-state index contributed by atoms with van der Waals surface area (Å²) in [6.45, 7) is 1.73. The molecule has 0 saturated carbocycles. The molecule has 0 unspecified atom stereocenters. The van der Waals surface area contributed by atoms with Gasteiger partial charge in [0.05, 0.1) is 19.5 Å². The Morgan fingerprint density at radius 3 is 2.44 bits per heavy atom. The molecule has 94 valence electrons. The first-order valence-electron chi connectivity index (χ1n) is 5.25. The normalized spacial score (nSPS) is 16.4. The molecule has 0 bridgehead atoms. The number of ether oxygens (including phenoxy) is 1. The summed E-state index contributed by atoms with van der Waals surface area (Å²) in [6.07, 6.45) is 3.09. The van der Waals surface area contributed by atoms with Gasteiger partial charge < -0.3 is 9.64 Å². The second kappa shape index (κ2) is 6.05. The number of likely N-dealkylation sites (tertiary alicyclic amines) is 1. The van der Waals surface area contributed by atoms with E-state index in [0.29, 0.717) is 6.42 Å². The third-order valence-electron chi connectivity index (χ3n) is 2.18. The number of carbonyl (C=O) groups is 1. The van der Waals surface area contributed by atoms with E-state index in [9.17, 15) is 13.2 Å². The fraction of sp³-hybridized carbons (Fsp3) is 0.889. The molecule has 1 rings (SSSR count). The molecule has 0 aromatic carbocycles. The van der Waals surface area contributed by atoms with Crippen LogP contribution in [0.5, 0.6) is 0 Å². The predicted molar refractivity (Wildman–Crippen MR) is 57.6 cm³/mol. The molecule has 1 heterocycles. The van der Waals surface area contributed by atoms with Gasteiger partial charge in [0.1, 0.15) is 0 Å². The molecule has 16 heavy (non-hydrogen) atoms. The monoisotopic (exact) mass is 251 g/mol. The van der Waals surface area contributed by atoms with Crippen molar-refractivity contribution in [3.8, 4) is 0 Å². The zero-order chi connectivity index (χ0) is 12.0. The molecule has 0 atom stereocenters. The first-order valence-corrected chi connectivity index (χ1v) is 7.07. The SMILES string of the molecule is CS(=O)(=O)OCCCOC(=O)N1CCCC1. The maximum atomic E-state index is 11.4. The summed E-state index contributed by atoms with van der Waals surface area (Å²) in [5.41, 5.74) is 0. The molecule has 1 amide bonds. The van der Waals surface area contributed by atoms with E-state index in [1.165, 1.54) is 0 Å². The number of amides is 1. The van der Waals surface area contributed by atoms with Gasteiger partial charge in [-0.2, -0.15) is 8.42 Å². The first kappa shape index (κ1) is 13.2. The van der Waals surface area contributed by atoms with Gasteiger partial charge in [-0.1, -0.05) is 0 Å². The average molecular weight is 251 g/mol. The van der Waals surface area contributed by atoms with Crippen LogP contribution in [0, 0.1) is 0 Å². The minimum atomic E-state index is -3.39. The van der Waals surface area contributed by atoms with Gasteiger partial charge in [-0.3, -0.25) is 4.18 Å². The number of nitrogens with zero attached hydrogens (tertiary/aromatic N) is 1. The van der Waals surface area contributed by atoms with Crippen LogP contribution in [0.4, 0.5) is 4.79 Å². The van der Waals surface area contributed by atoms with Crippen molar-refractivity contribution < 1.29 is 22.1 Å². The van der Waals surface area contributed by atoms with E-state index >= 15 is 0 Å². The van der Waals surface area contributed by atoms with Crippen LogP contribution in [-0.4, -0.2) is 52.0 Å². The van der Waals surface area contributed by atoms with Gasteiger partial charge in [-0.05, 0) is 12.8 Å². The summed E-state index contributed by atoms with van der Waals surface area (Å²) in [5.74, 6) is 0. The molecule has 0 aliphatic carbocycles. The van der Waals surface area contributed by atoms with Crippen LogP contribution in [0.25, 0.3) is 0 Å². The van der Waals surface area contributed by atoms with Gasteiger partial charge in [0.15, 0.2) is 0 Å². The van der Waals surface area contributed by atoms with Gasteiger partial charge in [0.25, 0.3) is 10.1 Å². The number of hydrogen-bond donors (Lipinski definition) is 0. The molecular weight excluding hydrogens is 234 g/mol. The topological polar surface area (TPSA) is 72.9 Å². The Morgan fingerprint density at radius 2 is 1.88 bits per heavy atom. The van der Waals surface area contributed by atoms with Crippen LogP contribution in [0.1, 0.15) is 19.3 Å². The second-order valence-electron chi connectivity index (χ2n) is 3.69. The minimum Gasteiger partial charge on any atom is -0.449 e. The molecule has 1 saturated heterocycles. The fourth-order valence-electron chi connectivity index (χ4n) is 1.42. The van der Waals surface area contributed by atoms with E-state index in [1.807, 2.05) is 0 Å². The van der Waals surface area contributed by atoms with E-state index in [-0.39, 0.29) is 19.3 Å². The summed E-state index contributed by atoms with van der Waals surface area (Å²) >= 11 is 0. The van der Waals surface area contributed by atoms with Crippen molar-refractivity contribution in [3.05, 3.63) is 0 Å². The maximum absolute atomic E-state index is 11.4. The molecule has 0 aromatic heterocycles. The van der Waals surface area contributed by atoms with Crippen LogP contribution < -0.4 is 0 Å². The minimum absolute atomic E-state index is 0.0477. The Labute approximate surface area is 95.6 Å². The summed E-state index contributed by atoms with van der Waals surface area (Å²) < 4.78 is 30.7. The lowest BCUT2D eigenvalue weighted by Crippen LogP contribution is -2.28. The van der Waals surface area contributed by atoms with Crippen LogP contribution >= 0.6 is 0 Å². The lowest BCUT2D eigenvalue weighted by Gasteiger charge is -2.14. The van der Waals surface area contributed by atoms with Crippen molar-refractivity contribution in [3.63, 3.8) is 0 Å². The molecule has 1 aliphatic heterocycles. The second-order valence-corrected chi connectivity index (χ2v) is 5.33. The lowest BCUT2D eigenvalue weighted by molar-refractivity contribution is 0.105. The summed E-state index contributed by atoms with van der Waals surface area (Å²) in [7, 11) is -3.39. The molecule has 0 aromatic rings. The highest BCUT2D eigenvalue weighted by Gasteiger charge is 2.18. The quantitative estimate of drug-likeness (QED) is 0.528. The van der Waals surface area contributed by atoms with E-state index < -0.39 is 10.1 Å². The molecule has 7 heteroatoms. The van der Waals surface area contributed by atoms with Gasteiger partial charge >= 0.3 is 6.09 Å². The molecule has 0 spiro atoms. The Bertz CT molecular complexity index is 321. The highest BCUT2D eigenvalue weighted by molar-refractivity contribution is 7.85. The average Bonchev–Trinajstić information content (AvgIpc) is 2.67. The highest BCUT2D eigenvalue weighted by atomic mass is 32.2. The van der Waals surface area contributed by atoms with E-state index in [0.717, 1.165) is 32.2 Å².